The van der Waals surface area contributed by atoms with E-state index in [1.165, 1.54) is 0 Å². The zero-order chi connectivity index (χ0) is 17.8. The van der Waals surface area contributed by atoms with Crippen LogP contribution in [0.1, 0.15) is 12.1 Å². The molecule has 0 aliphatic rings. The lowest BCUT2D eigenvalue weighted by atomic mass is 10.2. The fraction of sp³-hybridized carbons (Fsp3) is 0.200. The number of benzene rings is 2. The van der Waals surface area contributed by atoms with Crippen molar-refractivity contribution in [3.8, 4) is 11.5 Å². The minimum atomic E-state index is -0.0415. The number of rotatable bonds is 7. The van der Waals surface area contributed by atoms with Crippen LogP contribution >= 0.6 is 11.8 Å². The van der Waals surface area contributed by atoms with Gasteiger partial charge in [-0.3, -0.25) is 4.57 Å². The Labute approximate surface area is 155 Å². The monoisotopic (exact) mass is 365 g/mol. The van der Waals surface area contributed by atoms with E-state index in [0.717, 1.165) is 40.2 Å². The molecule has 0 aliphatic heterocycles. The molecule has 4 rings (SSSR count). The van der Waals surface area contributed by atoms with E-state index >= 15 is 0 Å². The summed E-state index contributed by atoms with van der Waals surface area (Å²) in [6, 6.07) is 17.7. The highest BCUT2D eigenvalue weighted by molar-refractivity contribution is 7.98. The highest BCUT2D eigenvalue weighted by Gasteiger charge is 2.07. The molecule has 5 nitrogen and oxygen atoms in total. The summed E-state index contributed by atoms with van der Waals surface area (Å²) >= 11 is 1.80. The number of thioether (sulfide) groups is 1. The molecule has 0 aliphatic carbocycles. The van der Waals surface area contributed by atoms with Crippen LogP contribution in [0.3, 0.4) is 0 Å². The number of oxazole rings is 1. The Hall–Kier alpha value is -2.73. The van der Waals surface area contributed by atoms with Crippen LogP contribution in [0.4, 0.5) is 0 Å². The minimum Gasteiger partial charge on any atom is -0.444 e. The Bertz CT molecular complexity index is 1050. The zero-order valence-corrected chi connectivity index (χ0v) is 15.0. The summed E-state index contributed by atoms with van der Waals surface area (Å²) in [7, 11) is 0. The van der Waals surface area contributed by atoms with Gasteiger partial charge in [0.1, 0.15) is 6.26 Å². The normalized spacial score (nSPS) is 11.2. The summed E-state index contributed by atoms with van der Waals surface area (Å²) in [5.41, 5.74) is 3.74. The molecule has 2 heterocycles. The molecule has 0 bridgehead atoms. The van der Waals surface area contributed by atoms with Gasteiger partial charge in [0.25, 0.3) is 0 Å². The van der Waals surface area contributed by atoms with E-state index in [0.29, 0.717) is 12.4 Å². The van der Waals surface area contributed by atoms with Crippen molar-refractivity contribution in [2.24, 2.45) is 0 Å². The predicted molar refractivity (Wildman–Crippen MR) is 105 cm³/mol. The first-order chi connectivity index (χ1) is 12.8. The van der Waals surface area contributed by atoms with Crippen LogP contribution in [0.2, 0.25) is 0 Å². The highest BCUT2D eigenvalue weighted by Crippen LogP contribution is 2.20. The van der Waals surface area contributed by atoms with Crippen molar-refractivity contribution < 1.29 is 4.42 Å². The van der Waals surface area contributed by atoms with Crippen LogP contribution in [0.15, 0.2) is 70.1 Å². The molecular weight excluding hydrogens is 346 g/mol. The van der Waals surface area contributed by atoms with Gasteiger partial charge in [0, 0.05) is 17.9 Å². The topological polar surface area (TPSA) is 63.8 Å². The molecule has 1 N–H and O–H groups in total. The van der Waals surface area contributed by atoms with Crippen molar-refractivity contribution in [1.29, 1.82) is 0 Å². The maximum Gasteiger partial charge on any atom is 0.326 e. The maximum atomic E-state index is 12.0. The number of aromatic amines is 1. The third kappa shape index (κ3) is 3.60. The number of H-pyrrole nitrogens is 1. The van der Waals surface area contributed by atoms with Crippen LogP contribution < -0.4 is 5.69 Å². The molecule has 6 heteroatoms. The SMILES string of the molecule is O=c1[nH]c2ccccc2n1CCCSCc1coc(-c2ccccc2)n1. The van der Waals surface area contributed by atoms with E-state index in [2.05, 4.69) is 9.97 Å². The summed E-state index contributed by atoms with van der Waals surface area (Å²) in [6.45, 7) is 0.712. The van der Waals surface area contributed by atoms with E-state index in [4.69, 9.17) is 4.42 Å². The van der Waals surface area contributed by atoms with Crippen molar-refractivity contribution >= 4 is 22.8 Å². The summed E-state index contributed by atoms with van der Waals surface area (Å²) in [4.78, 5) is 19.5. The molecule has 2 aromatic carbocycles. The number of para-hydroxylation sites is 2. The number of imidazole rings is 1. The number of aryl methyl sites for hydroxylation is 1. The minimum absolute atomic E-state index is 0.0415. The first-order valence-corrected chi connectivity index (χ1v) is 9.72. The van der Waals surface area contributed by atoms with Crippen molar-refractivity contribution in [1.82, 2.24) is 14.5 Å². The van der Waals surface area contributed by atoms with Gasteiger partial charge in [-0.25, -0.2) is 9.78 Å². The van der Waals surface area contributed by atoms with Gasteiger partial charge in [0.05, 0.1) is 16.7 Å². The van der Waals surface area contributed by atoms with Gasteiger partial charge in [0.2, 0.25) is 5.89 Å². The van der Waals surface area contributed by atoms with Crippen molar-refractivity contribution in [2.75, 3.05) is 5.75 Å². The van der Waals surface area contributed by atoms with Crippen LogP contribution in [-0.2, 0) is 12.3 Å². The molecule has 2 aromatic heterocycles. The Balaban J connectivity index is 1.29. The van der Waals surface area contributed by atoms with Gasteiger partial charge >= 0.3 is 5.69 Å². The fourth-order valence-electron chi connectivity index (χ4n) is 2.92. The molecule has 0 unspecified atom stereocenters. The molecule has 26 heavy (non-hydrogen) atoms. The number of nitrogens with one attached hydrogen (secondary N) is 1. The summed E-state index contributed by atoms with van der Waals surface area (Å²) in [6.07, 6.45) is 2.65. The Morgan fingerprint density at radius 2 is 1.88 bits per heavy atom. The van der Waals surface area contributed by atoms with E-state index in [1.807, 2.05) is 54.6 Å². The van der Waals surface area contributed by atoms with E-state index in [-0.39, 0.29) is 5.69 Å². The van der Waals surface area contributed by atoms with Crippen molar-refractivity contribution in [3.63, 3.8) is 0 Å². The average molecular weight is 365 g/mol. The van der Waals surface area contributed by atoms with Crippen LogP contribution in [0, 0.1) is 0 Å². The van der Waals surface area contributed by atoms with Gasteiger partial charge in [-0.1, -0.05) is 30.3 Å². The smallest absolute Gasteiger partial charge is 0.326 e. The number of fused-ring (bicyclic) bond motifs is 1. The molecule has 0 radical (unpaired) electrons. The third-order valence-electron chi connectivity index (χ3n) is 4.17. The molecule has 0 amide bonds. The number of hydrogen-bond donors (Lipinski definition) is 1. The van der Waals surface area contributed by atoms with Gasteiger partial charge in [-0.05, 0) is 36.4 Å². The predicted octanol–water partition coefficient (Wildman–Crippen LogP) is 4.31. The van der Waals surface area contributed by atoms with Gasteiger partial charge < -0.3 is 9.40 Å². The largest absolute Gasteiger partial charge is 0.444 e. The van der Waals surface area contributed by atoms with Crippen molar-refractivity contribution in [3.05, 3.63) is 77.0 Å². The molecule has 0 fully saturated rings. The standard InChI is InChI=1S/C20H19N3O2S/c24-20-22-17-9-4-5-10-18(17)23(20)11-6-12-26-14-16-13-25-19(21-16)15-7-2-1-3-8-15/h1-5,7-10,13H,6,11-12,14H2,(H,22,24). The molecule has 132 valence electrons. The molecule has 0 saturated carbocycles. The van der Waals surface area contributed by atoms with Crippen LogP contribution in [0.25, 0.3) is 22.5 Å². The van der Waals surface area contributed by atoms with E-state index in [9.17, 15) is 4.79 Å². The maximum absolute atomic E-state index is 12.0. The molecule has 0 saturated heterocycles. The van der Waals surface area contributed by atoms with Gasteiger partial charge in [-0.15, -0.1) is 0 Å². The first-order valence-electron chi connectivity index (χ1n) is 8.56. The quantitative estimate of drug-likeness (QED) is 0.496. The Morgan fingerprint density at radius 3 is 2.77 bits per heavy atom. The zero-order valence-electron chi connectivity index (χ0n) is 14.2. The lowest BCUT2D eigenvalue weighted by Crippen LogP contribution is -2.17. The summed E-state index contributed by atoms with van der Waals surface area (Å²) in [5, 5.41) is 0. The lowest BCUT2D eigenvalue weighted by Gasteiger charge is -2.03. The summed E-state index contributed by atoms with van der Waals surface area (Å²) in [5.74, 6) is 2.42. The molecule has 0 atom stereocenters. The average Bonchev–Trinajstić information content (AvgIpc) is 3.27. The first kappa shape index (κ1) is 16.7. The second kappa shape index (κ2) is 7.66. The molecule has 4 aromatic rings. The van der Waals surface area contributed by atoms with Crippen LogP contribution in [-0.4, -0.2) is 20.3 Å². The second-order valence-electron chi connectivity index (χ2n) is 6.02. The van der Waals surface area contributed by atoms with E-state index < -0.39 is 0 Å². The molecular formula is C20H19N3O2S. The number of nitrogens with zero attached hydrogens (tertiary/aromatic N) is 2. The Morgan fingerprint density at radius 1 is 1.08 bits per heavy atom. The van der Waals surface area contributed by atoms with Gasteiger partial charge in [-0.2, -0.15) is 11.8 Å². The molecule has 0 spiro atoms. The van der Waals surface area contributed by atoms with E-state index in [1.54, 1.807) is 22.6 Å². The highest BCUT2D eigenvalue weighted by atomic mass is 32.2. The second-order valence-corrected chi connectivity index (χ2v) is 7.12. The van der Waals surface area contributed by atoms with Crippen molar-refractivity contribution in [2.45, 2.75) is 18.7 Å². The van der Waals surface area contributed by atoms with Crippen LogP contribution in [0.5, 0.6) is 0 Å². The Kier molecular flexibility index (Phi) is 4.93. The number of aromatic nitrogens is 3. The number of hydrogen-bond acceptors (Lipinski definition) is 4. The lowest BCUT2D eigenvalue weighted by molar-refractivity contribution is 0.573. The third-order valence-corrected chi connectivity index (χ3v) is 5.25. The fourth-order valence-corrected chi connectivity index (χ4v) is 3.74. The van der Waals surface area contributed by atoms with Gasteiger partial charge in [0.15, 0.2) is 0 Å². The summed E-state index contributed by atoms with van der Waals surface area (Å²) < 4.78 is 7.36.